The summed E-state index contributed by atoms with van der Waals surface area (Å²) in [6.45, 7) is 5.11. The quantitative estimate of drug-likeness (QED) is 0.743. The summed E-state index contributed by atoms with van der Waals surface area (Å²) < 4.78 is 13.5. The molecule has 1 fully saturated rings. The number of nitrogens with one attached hydrogen (secondary N) is 2. The highest BCUT2D eigenvalue weighted by atomic mass is 19.1. The van der Waals surface area contributed by atoms with Gasteiger partial charge in [0.05, 0.1) is 0 Å². The third-order valence-electron chi connectivity index (χ3n) is 4.36. The maximum atomic E-state index is 13.5. The van der Waals surface area contributed by atoms with Gasteiger partial charge in [-0.05, 0) is 37.5 Å². The first-order valence-electron chi connectivity index (χ1n) is 8.53. The van der Waals surface area contributed by atoms with Crippen molar-refractivity contribution in [2.75, 3.05) is 11.9 Å². The van der Waals surface area contributed by atoms with Crippen molar-refractivity contribution >= 4 is 23.5 Å². The van der Waals surface area contributed by atoms with Crippen molar-refractivity contribution in [3.63, 3.8) is 0 Å². The number of imide groups is 1. The zero-order chi connectivity index (χ0) is 18.6. The van der Waals surface area contributed by atoms with Gasteiger partial charge in [-0.15, -0.1) is 0 Å². The van der Waals surface area contributed by atoms with E-state index in [9.17, 15) is 18.8 Å². The highest BCUT2D eigenvalue weighted by Gasteiger charge is 2.50. The Morgan fingerprint density at radius 1 is 1.24 bits per heavy atom. The predicted molar refractivity (Wildman–Crippen MR) is 92.6 cm³/mol. The number of urea groups is 1. The molecule has 0 spiro atoms. The van der Waals surface area contributed by atoms with Crippen LogP contribution in [0.3, 0.4) is 0 Å². The Balaban J connectivity index is 2.08. The summed E-state index contributed by atoms with van der Waals surface area (Å²) in [5.41, 5.74) is -0.166. The molecule has 25 heavy (non-hydrogen) atoms. The number of amides is 4. The van der Waals surface area contributed by atoms with Gasteiger partial charge in [0.2, 0.25) is 5.91 Å². The molecule has 1 aromatic carbocycles. The number of nitrogens with zero attached hydrogens (tertiary/aromatic N) is 1. The van der Waals surface area contributed by atoms with Gasteiger partial charge in [0.25, 0.3) is 5.91 Å². The maximum absolute atomic E-state index is 13.5. The first kappa shape index (κ1) is 18.9. The molecule has 0 saturated carbocycles. The fourth-order valence-corrected chi connectivity index (χ4v) is 3.15. The lowest BCUT2D eigenvalue weighted by molar-refractivity contribution is -0.134. The molecule has 2 rings (SSSR count). The fourth-order valence-electron chi connectivity index (χ4n) is 3.15. The second kappa shape index (κ2) is 7.63. The lowest BCUT2D eigenvalue weighted by atomic mass is 9.88. The average Bonchev–Trinajstić information content (AvgIpc) is 2.76. The van der Waals surface area contributed by atoms with E-state index in [4.69, 9.17) is 0 Å². The monoisotopic (exact) mass is 349 g/mol. The van der Waals surface area contributed by atoms with E-state index in [1.54, 1.807) is 19.1 Å². The summed E-state index contributed by atoms with van der Waals surface area (Å²) in [4.78, 5) is 38.0. The van der Waals surface area contributed by atoms with Gasteiger partial charge in [0.15, 0.2) is 0 Å². The summed E-state index contributed by atoms with van der Waals surface area (Å²) in [7, 11) is 0. The summed E-state index contributed by atoms with van der Waals surface area (Å²) >= 11 is 0. The lowest BCUT2D eigenvalue weighted by Gasteiger charge is -2.25. The number of aryl methyl sites for hydroxylation is 1. The molecule has 7 heteroatoms. The largest absolute Gasteiger partial charge is 0.325 e. The van der Waals surface area contributed by atoms with Crippen LogP contribution in [0.25, 0.3) is 0 Å². The van der Waals surface area contributed by atoms with Gasteiger partial charge in [-0.25, -0.2) is 9.18 Å². The van der Waals surface area contributed by atoms with Crippen molar-refractivity contribution in [3.8, 4) is 0 Å². The van der Waals surface area contributed by atoms with Crippen LogP contribution < -0.4 is 10.6 Å². The Hall–Kier alpha value is -2.44. The number of halogens is 1. The van der Waals surface area contributed by atoms with Crippen LogP contribution in [0.1, 0.15) is 45.1 Å². The van der Waals surface area contributed by atoms with E-state index in [0.29, 0.717) is 18.4 Å². The van der Waals surface area contributed by atoms with Crippen LogP contribution in [-0.4, -0.2) is 34.8 Å². The van der Waals surface area contributed by atoms with E-state index in [1.165, 1.54) is 6.07 Å². The van der Waals surface area contributed by atoms with Crippen molar-refractivity contribution < 1.29 is 18.8 Å². The molecule has 0 bridgehead atoms. The second-order valence-corrected chi connectivity index (χ2v) is 6.42. The SMILES string of the molecule is CCCC1(CCC)NC(=O)N(CC(=O)Nc2ccc(C)c(F)c2)C1=O. The molecule has 0 aliphatic carbocycles. The molecule has 0 radical (unpaired) electrons. The second-order valence-electron chi connectivity index (χ2n) is 6.42. The van der Waals surface area contributed by atoms with Crippen LogP contribution >= 0.6 is 0 Å². The summed E-state index contributed by atoms with van der Waals surface area (Å²) in [5, 5.41) is 5.27. The van der Waals surface area contributed by atoms with Crippen molar-refractivity contribution in [1.82, 2.24) is 10.2 Å². The number of hydrogen-bond acceptors (Lipinski definition) is 3. The molecule has 0 atom stereocenters. The van der Waals surface area contributed by atoms with Crippen LogP contribution in [-0.2, 0) is 9.59 Å². The van der Waals surface area contributed by atoms with E-state index in [-0.39, 0.29) is 11.6 Å². The molecule has 0 unspecified atom stereocenters. The molecule has 136 valence electrons. The maximum Gasteiger partial charge on any atom is 0.325 e. The average molecular weight is 349 g/mol. The van der Waals surface area contributed by atoms with Crippen LogP contribution in [0.2, 0.25) is 0 Å². The number of benzene rings is 1. The molecule has 1 aliphatic heterocycles. The number of anilines is 1. The van der Waals surface area contributed by atoms with Crippen LogP contribution in [0.4, 0.5) is 14.9 Å². The highest BCUT2D eigenvalue weighted by molar-refractivity contribution is 6.10. The van der Waals surface area contributed by atoms with Crippen LogP contribution in [0, 0.1) is 12.7 Å². The van der Waals surface area contributed by atoms with E-state index in [1.807, 2.05) is 13.8 Å². The van der Waals surface area contributed by atoms with Gasteiger partial charge in [-0.2, -0.15) is 0 Å². The first-order valence-corrected chi connectivity index (χ1v) is 8.53. The zero-order valence-electron chi connectivity index (χ0n) is 14.8. The molecule has 1 heterocycles. The Morgan fingerprint density at radius 3 is 2.44 bits per heavy atom. The molecular weight excluding hydrogens is 325 g/mol. The Bertz CT molecular complexity index is 684. The van der Waals surface area contributed by atoms with Gasteiger partial charge >= 0.3 is 6.03 Å². The normalized spacial score (nSPS) is 16.1. The summed E-state index contributed by atoms with van der Waals surface area (Å²) in [6.07, 6.45) is 2.56. The number of carbonyl (C=O) groups is 3. The molecule has 6 nitrogen and oxygen atoms in total. The van der Waals surface area contributed by atoms with Crippen LogP contribution in [0.15, 0.2) is 18.2 Å². The number of rotatable bonds is 7. The van der Waals surface area contributed by atoms with Gasteiger partial charge in [0, 0.05) is 5.69 Å². The lowest BCUT2D eigenvalue weighted by Crippen LogP contribution is -2.47. The minimum absolute atomic E-state index is 0.286. The number of carbonyl (C=O) groups excluding carboxylic acids is 3. The minimum atomic E-state index is -0.920. The topological polar surface area (TPSA) is 78.5 Å². The Kier molecular flexibility index (Phi) is 5.77. The predicted octanol–water partition coefficient (Wildman–Crippen LogP) is 2.96. The fraction of sp³-hybridized carbons (Fsp3) is 0.500. The van der Waals surface area contributed by atoms with E-state index < -0.39 is 29.8 Å². The molecule has 1 saturated heterocycles. The van der Waals surface area contributed by atoms with Crippen LogP contribution in [0.5, 0.6) is 0 Å². The smallest absolute Gasteiger partial charge is 0.324 e. The van der Waals surface area contributed by atoms with E-state index >= 15 is 0 Å². The standard InChI is InChI=1S/C18H24FN3O3/c1-4-8-18(9-5-2)16(24)22(17(25)21-18)11-15(23)20-13-7-6-12(3)14(19)10-13/h6-7,10H,4-5,8-9,11H2,1-3H3,(H,20,23)(H,21,25). The minimum Gasteiger partial charge on any atom is -0.324 e. The van der Waals surface area contributed by atoms with Gasteiger partial charge < -0.3 is 10.6 Å². The Labute approximate surface area is 146 Å². The summed E-state index contributed by atoms with van der Waals surface area (Å²) in [6, 6.07) is 3.77. The highest BCUT2D eigenvalue weighted by Crippen LogP contribution is 2.28. The van der Waals surface area contributed by atoms with Crippen molar-refractivity contribution in [2.24, 2.45) is 0 Å². The van der Waals surface area contributed by atoms with Crippen molar-refractivity contribution in [2.45, 2.75) is 52.0 Å². The van der Waals surface area contributed by atoms with E-state index in [2.05, 4.69) is 10.6 Å². The molecule has 4 amide bonds. The van der Waals surface area contributed by atoms with Gasteiger partial charge in [-0.3, -0.25) is 14.5 Å². The van der Waals surface area contributed by atoms with Crippen molar-refractivity contribution in [3.05, 3.63) is 29.6 Å². The third kappa shape index (κ3) is 3.97. The first-order chi connectivity index (χ1) is 11.8. The van der Waals surface area contributed by atoms with Gasteiger partial charge in [-0.1, -0.05) is 32.8 Å². The zero-order valence-corrected chi connectivity index (χ0v) is 14.8. The molecule has 0 aromatic heterocycles. The molecule has 1 aliphatic rings. The number of hydrogen-bond donors (Lipinski definition) is 2. The van der Waals surface area contributed by atoms with E-state index in [0.717, 1.165) is 17.7 Å². The Morgan fingerprint density at radius 2 is 1.88 bits per heavy atom. The molecule has 2 N–H and O–H groups in total. The van der Waals surface area contributed by atoms with Gasteiger partial charge in [0.1, 0.15) is 17.9 Å². The molecule has 1 aromatic rings. The molecular formula is C18H24FN3O3. The third-order valence-corrected chi connectivity index (χ3v) is 4.36. The van der Waals surface area contributed by atoms with Crippen molar-refractivity contribution in [1.29, 1.82) is 0 Å². The summed E-state index contributed by atoms with van der Waals surface area (Å²) in [5.74, 6) is -1.35.